The molecule has 0 unspecified atom stereocenters. The predicted octanol–water partition coefficient (Wildman–Crippen LogP) is 3.93. The molecule has 2 aromatic heterocycles. The van der Waals surface area contributed by atoms with E-state index in [0.717, 1.165) is 21.6 Å². The van der Waals surface area contributed by atoms with Gasteiger partial charge in [-0.1, -0.05) is 35.8 Å². The molecule has 138 valence electrons. The molecule has 2 heterocycles. The fourth-order valence-corrected chi connectivity index (χ4v) is 5.50. The predicted molar refractivity (Wildman–Crippen MR) is 102 cm³/mol. The Morgan fingerprint density at radius 1 is 1.19 bits per heavy atom. The van der Waals surface area contributed by atoms with Crippen molar-refractivity contribution in [2.75, 3.05) is 6.54 Å². The fourth-order valence-electron chi connectivity index (χ4n) is 3.05. The zero-order valence-electron chi connectivity index (χ0n) is 15.2. The molecule has 0 fully saturated rings. The van der Waals surface area contributed by atoms with Gasteiger partial charge in [0.1, 0.15) is 0 Å². The van der Waals surface area contributed by atoms with Crippen LogP contribution in [-0.4, -0.2) is 29.4 Å². The number of nitrogens with zero attached hydrogens (tertiary/aromatic N) is 3. The molecule has 26 heavy (non-hydrogen) atoms. The standard InChI is InChI=1S/C18H21N3O3S2/c1-5-21(11-16-19-18(20-24-16)15-7-6-8-25-15)26(22,23)17-13(3)9-12(2)10-14(17)4/h6-10H,5,11H2,1-4H3. The average Bonchev–Trinajstić information content (AvgIpc) is 3.22. The highest BCUT2D eigenvalue weighted by molar-refractivity contribution is 7.89. The van der Waals surface area contributed by atoms with Crippen molar-refractivity contribution >= 4 is 21.4 Å². The number of aromatic nitrogens is 2. The number of hydrogen-bond acceptors (Lipinski definition) is 6. The monoisotopic (exact) mass is 391 g/mol. The minimum Gasteiger partial charge on any atom is -0.337 e. The fraction of sp³-hybridized carbons (Fsp3) is 0.333. The van der Waals surface area contributed by atoms with Crippen LogP contribution in [0.25, 0.3) is 10.7 Å². The van der Waals surface area contributed by atoms with Gasteiger partial charge in [0.2, 0.25) is 21.7 Å². The van der Waals surface area contributed by atoms with Crippen LogP contribution in [0.3, 0.4) is 0 Å². The molecule has 3 rings (SSSR count). The molecule has 0 atom stereocenters. The molecule has 0 aliphatic heterocycles. The molecule has 0 saturated heterocycles. The second kappa shape index (κ2) is 7.30. The molecule has 0 N–H and O–H groups in total. The molecule has 6 nitrogen and oxygen atoms in total. The smallest absolute Gasteiger partial charge is 0.244 e. The first-order valence-electron chi connectivity index (χ1n) is 8.27. The SMILES string of the molecule is CCN(Cc1nc(-c2cccs2)no1)S(=O)(=O)c1c(C)cc(C)cc1C. The summed E-state index contributed by atoms with van der Waals surface area (Å²) in [6, 6.07) is 7.57. The van der Waals surface area contributed by atoms with E-state index < -0.39 is 10.0 Å². The normalized spacial score (nSPS) is 12.0. The van der Waals surface area contributed by atoms with Crippen LogP contribution in [0.15, 0.2) is 39.1 Å². The highest BCUT2D eigenvalue weighted by Crippen LogP contribution is 2.27. The van der Waals surface area contributed by atoms with Crippen molar-refractivity contribution in [1.29, 1.82) is 0 Å². The number of rotatable bonds is 6. The van der Waals surface area contributed by atoms with E-state index >= 15 is 0 Å². The molecular formula is C18H21N3O3S2. The zero-order valence-corrected chi connectivity index (χ0v) is 16.8. The van der Waals surface area contributed by atoms with Crippen molar-refractivity contribution in [2.45, 2.75) is 39.1 Å². The maximum Gasteiger partial charge on any atom is 0.244 e. The van der Waals surface area contributed by atoms with Gasteiger partial charge in [-0.3, -0.25) is 0 Å². The van der Waals surface area contributed by atoms with Gasteiger partial charge in [-0.2, -0.15) is 9.29 Å². The largest absolute Gasteiger partial charge is 0.337 e. The first-order valence-corrected chi connectivity index (χ1v) is 10.6. The van der Waals surface area contributed by atoms with Crippen molar-refractivity contribution in [1.82, 2.24) is 14.4 Å². The summed E-state index contributed by atoms with van der Waals surface area (Å²) in [7, 11) is -3.66. The van der Waals surface area contributed by atoms with E-state index in [1.165, 1.54) is 15.6 Å². The van der Waals surface area contributed by atoms with E-state index in [1.54, 1.807) is 6.92 Å². The molecule has 0 amide bonds. The zero-order chi connectivity index (χ0) is 18.9. The Labute approximate surface area is 157 Å². The van der Waals surface area contributed by atoms with Gasteiger partial charge in [0.15, 0.2) is 0 Å². The van der Waals surface area contributed by atoms with Crippen LogP contribution in [-0.2, 0) is 16.6 Å². The lowest BCUT2D eigenvalue weighted by atomic mass is 10.1. The van der Waals surface area contributed by atoms with Gasteiger partial charge in [0, 0.05) is 6.54 Å². The van der Waals surface area contributed by atoms with Crippen molar-refractivity contribution in [3.63, 3.8) is 0 Å². The third-order valence-corrected chi connectivity index (χ3v) is 7.17. The molecule has 0 spiro atoms. The van der Waals surface area contributed by atoms with Crippen molar-refractivity contribution in [2.24, 2.45) is 0 Å². The van der Waals surface area contributed by atoms with Gasteiger partial charge >= 0.3 is 0 Å². The second-order valence-corrected chi connectivity index (χ2v) is 8.97. The van der Waals surface area contributed by atoms with E-state index in [9.17, 15) is 8.42 Å². The Morgan fingerprint density at radius 2 is 1.88 bits per heavy atom. The van der Waals surface area contributed by atoms with Gasteiger partial charge in [-0.15, -0.1) is 11.3 Å². The van der Waals surface area contributed by atoms with E-state index in [4.69, 9.17) is 4.52 Å². The minimum absolute atomic E-state index is 0.0456. The highest BCUT2D eigenvalue weighted by Gasteiger charge is 2.28. The highest BCUT2D eigenvalue weighted by atomic mass is 32.2. The Bertz CT molecular complexity index is 985. The lowest BCUT2D eigenvalue weighted by Gasteiger charge is -2.21. The summed E-state index contributed by atoms with van der Waals surface area (Å²) in [6.07, 6.45) is 0. The third-order valence-electron chi connectivity index (χ3n) is 4.08. The van der Waals surface area contributed by atoms with Gasteiger partial charge in [-0.25, -0.2) is 8.42 Å². The number of thiophene rings is 1. The Balaban J connectivity index is 1.91. The van der Waals surface area contributed by atoms with Gasteiger partial charge in [-0.05, 0) is 43.3 Å². The van der Waals surface area contributed by atoms with Gasteiger partial charge in [0.25, 0.3) is 0 Å². The summed E-state index contributed by atoms with van der Waals surface area (Å²) in [4.78, 5) is 5.57. The second-order valence-electron chi connectivity index (χ2n) is 6.15. The molecule has 0 saturated carbocycles. The molecule has 0 aliphatic carbocycles. The molecule has 0 radical (unpaired) electrons. The first kappa shape index (κ1) is 18.8. The molecule has 1 aromatic carbocycles. The lowest BCUT2D eigenvalue weighted by molar-refractivity contribution is 0.321. The summed E-state index contributed by atoms with van der Waals surface area (Å²) >= 11 is 1.50. The van der Waals surface area contributed by atoms with Crippen molar-refractivity contribution in [3.05, 3.63) is 52.2 Å². The molecule has 0 aliphatic rings. The summed E-state index contributed by atoms with van der Waals surface area (Å²) in [5.41, 5.74) is 2.52. The van der Waals surface area contributed by atoms with Crippen LogP contribution >= 0.6 is 11.3 Å². The van der Waals surface area contributed by atoms with Crippen LogP contribution in [0.1, 0.15) is 29.5 Å². The summed E-state index contributed by atoms with van der Waals surface area (Å²) in [5, 5.41) is 5.88. The van der Waals surface area contributed by atoms with E-state index in [2.05, 4.69) is 10.1 Å². The van der Waals surface area contributed by atoms with Crippen LogP contribution in [0, 0.1) is 20.8 Å². The molecule has 0 bridgehead atoms. The summed E-state index contributed by atoms with van der Waals surface area (Å²) in [6.45, 7) is 7.76. The van der Waals surface area contributed by atoms with Crippen molar-refractivity contribution in [3.8, 4) is 10.7 Å². The molecule has 3 aromatic rings. The Hall–Kier alpha value is -2.03. The first-order chi connectivity index (χ1) is 12.3. The van der Waals surface area contributed by atoms with Gasteiger partial charge < -0.3 is 4.52 Å². The number of hydrogen-bond donors (Lipinski definition) is 0. The topological polar surface area (TPSA) is 76.3 Å². The average molecular weight is 392 g/mol. The summed E-state index contributed by atoms with van der Waals surface area (Å²) in [5.74, 6) is 0.757. The van der Waals surface area contributed by atoms with Crippen LogP contribution in [0.4, 0.5) is 0 Å². The molecule has 8 heteroatoms. The third kappa shape index (κ3) is 3.58. The van der Waals surface area contributed by atoms with Crippen LogP contribution in [0.5, 0.6) is 0 Å². The maximum atomic E-state index is 13.2. The quantitative estimate of drug-likeness (QED) is 0.636. The lowest BCUT2D eigenvalue weighted by Crippen LogP contribution is -2.31. The van der Waals surface area contributed by atoms with E-state index in [1.807, 2.05) is 50.4 Å². The van der Waals surface area contributed by atoms with E-state index in [0.29, 0.717) is 17.3 Å². The number of benzene rings is 1. The Morgan fingerprint density at radius 3 is 2.46 bits per heavy atom. The molecular weight excluding hydrogens is 370 g/mol. The van der Waals surface area contributed by atoms with Gasteiger partial charge in [0.05, 0.1) is 16.3 Å². The number of aryl methyl sites for hydroxylation is 3. The minimum atomic E-state index is -3.66. The number of sulfonamides is 1. The van der Waals surface area contributed by atoms with Crippen LogP contribution < -0.4 is 0 Å². The van der Waals surface area contributed by atoms with Crippen molar-refractivity contribution < 1.29 is 12.9 Å². The van der Waals surface area contributed by atoms with Crippen LogP contribution in [0.2, 0.25) is 0 Å². The van der Waals surface area contributed by atoms with E-state index in [-0.39, 0.29) is 12.4 Å². The maximum absolute atomic E-state index is 13.2. The Kier molecular flexibility index (Phi) is 5.27. The summed E-state index contributed by atoms with van der Waals surface area (Å²) < 4.78 is 33.0.